The van der Waals surface area contributed by atoms with Gasteiger partial charge in [0.1, 0.15) is 16.4 Å². The highest BCUT2D eigenvalue weighted by atomic mass is 35.5. The largest absolute Gasteiger partial charge is 0.391 e. The summed E-state index contributed by atoms with van der Waals surface area (Å²) >= 11 is 5.72. The van der Waals surface area contributed by atoms with E-state index in [9.17, 15) is 22.7 Å². The number of carbonyl (C=O) groups is 1. The van der Waals surface area contributed by atoms with E-state index in [0.717, 1.165) is 6.07 Å². The summed E-state index contributed by atoms with van der Waals surface area (Å²) in [5, 5.41) is 12.1. The zero-order valence-corrected chi connectivity index (χ0v) is 16.0. The number of hydrogen-bond acceptors (Lipinski definition) is 4. The number of aryl methyl sites for hydroxylation is 1. The number of sulfonamides is 1. The molecule has 1 aromatic heterocycles. The van der Waals surface area contributed by atoms with E-state index in [0.29, 0.717) is 0 Å². The van der Waals surface area contributed by atoms with Crippen molar-refractivity contribution in [1.29, 1.82) is 0 Å². The molecule has 0 spiro atoms. The molecule has 1 aliphatic heterocycles. The van der Waals surface area contributed by atoms with Gasteiger partial charge in [-0.1, -0.05) is 23.8 Å². The van der Waals surface area contributed by atoms with Crippen molar-refractivity contribution in [3.63, 3.8) is 0 Å². The monoisotopic (exact) mass is 413 g/mol. The molecular formula is C17H17ClFN3O4S. The summed E-state index contributed by atoms with van der Waals surface area (Å²) in [7, 11) is -2.40. The quantitative estimate of drug-likeness (QED) is 0.717. The van der Waals surface area contributed by atoms with Gasteiger partial charge < -0.3 is 15.0 Å². The van der Waals surface area contributed by atoms with Crippen molar-refractivity contribution in [2.45, 2.75) is 24.0 Å². The molecule has 7 nitrogen and oxygen atoms in total. The molecule has 0 aliphatic carbocycles. The van der Waals surface area contributed by atoms with Crippen LogP contribution in [-0.2, 0) is 17.1 Å². The number of aliphatic hydroxyl groups excluding tert-OH is 1. The number of carbonyl (C=O) groups excluding carboxylic acids is 1. The zero-order valence-electron chi connectivity index (χ0n) is 14.4. The van der Waals surface area contributed by atoms with Gasteiger partial charge in [0.25, 0.3) is 5.91 Å². The second-order valence-electron chi connectivity index (χ2n) is 6.20. The van der Waals surface area contributed by atoms with Crippen LogP contribution in [0.25, 0.3) is 6.08 Å². The zero-order chi connectivity index (χ0) is 19.9. The van der Waals surface area contributed by atoms with Gasteiger partial charge in [-0.2, -0.15) is 0 Å². The van der Waals surface area contributed by atoms with Crippen LogP contribution in [0.1, 0.15) is 23.0 Å². The standard InChI is InChI=1S/C17H17ClFN3O4S/c1-9(23)14-6-4-11-15(27(25,26)21-14)8-22(2)16(11)17(24)20-10-3-5-13(19)12(18)7-10/h3-9,14,21,23H,1-2H3,(H,20,24)/t9-,14?/m0/s1. The summed E-state index contributed by atoms with van der Waals surface area (Å²) in [6, 6.07) is 2.90. The minimum absolute atomic E-state index is 0.0771. The molecule has 1 aliphatic rings. The molecule has 0 radical (unpaired) electrons. The maximum Gasteiger partial charge on any atom is 0.272 e. The first kappa shape index (κ1) is 19.6. The maximum absolute atomic E-state index is 13.3. The third kappa shape index (κ3) is 3.77. The van der Waals surface area contributed by atoms with Crippen LogP contribution < -0.4 is 10.0 Å². The summed E-state index contributed by atoms with van der Waals surface area (Å²) < 4.78 is 42.2. The van der Waals surface area contributed by atoms with Crippen LogP contribution in [0.2, 0.25) is 5.02 Å². The summed E-state index contributed by atoms with van der Waals surface area (Å²) in [5.41, 5.74) is 0.555. The van der Waals surface area contributed by atoms with Gasteiger partial charge in [0, 0.05) is 24.5 Å². The number of rotatable bonds is 3. The number of nitrogens with one attached hydrogen (secondary N) is 2. The van der Waals surface area contributed by atoms with E-state index in [1.165, 1.54) is 49.0 Å². The molecular weight excluding hydrogens is 397 g/mol. The Balaban J connectivity index is 2.03. The molecule has 144 valence electrons. The van der Waals surface area contributed by atoms with E-state index in [-0.39, 0.29) is 26.9 Å². The first-order valence-corrected chi connectivity index (χ1v) is 9.80. The summed E-state index contributed by atoms with van der Waals surface area (Å²) in [4.78, 5) is 12.7. The molecule has 0 saturated heterocycles. The lowest BCUT2D eigenvalue weighted by atomic mass is 10.1. The predicted octanol–water partition coefficient (Wildman–Crippen LogP) is 2.12. The number of halogens is 2. The number of nitrogens with zero attached hydrogens (tertiary/aromatic N) is 1. The van der Waals surface area contributed by atoms with E-state index < -0.39 is 33.9 Å². The highest BCUT2D eigenvalue weighted by Crippen LogP contribution is 2.28. The Morgan fingerprint density at radius 1 is 1.44 bits per heavy atom. The number of anilines is 1. The lowest BCUT2D eigenvalue weighted by Gasteiger charge is -2.15. The molecule has 1 unspecified atom stereocenters. The number of fused-ring (bicyclic) bond motifs is 1. The fourth-order valence-corrected chi connectivity index (χ4v) is 4.47. The average molecular weight is 414 g/mol. The van der Waals surface area contributed by atoms with Gasteiger partial charge in [-0.25, -0.2) is 17.5 Å². The van der Waals surface area contributed by atoms with Gasteiger partial charge in [-0.15, -0.1) is 0 Å². The van der Waals surface area contributed by atoms with Crippen LogP contribution in [0.15, 0.2) is 35.4 Å². The highest BCUT2D eigenvalue weighted by Gasteiger charge is 2.31. The maximum atomic E-state index is 13.3. The Kier molecular flexibility index (Phi) is 5.13. The Bertz CT molecular complexity index is 1050. The molecule has 1 aromatic carbocycles. The number of benzene rings is 1. The number of amides is 1. The van der Waals surface area contributed by atoms with Gasteiger partial charge in [-0.3, -0.25) is 4.79 Å². The summed E-state index contributed by atoms with van der Waals surface area (Å²) in [5.74, 6) is -1.21. The van der Waals surface area contributed by atoms with Gasteiger partial charge in [-0.05, 0) is 25.1 Å². The van der Waals surface area contributed by atoms with E-state index in [4.69, 9.17) is 11.6 Å². The first-order chi connectivity index (χ1) is 12.6. The number of aromatic nitrogens is 1. The molecule has 3 rings (SSSR count). The van der Waals surface area contributed by atoms with E-state index in [1.807, 2.05) is 0 Å². The second-order valence-corrected chi connectivity index (χ2v) is 8.29. The molecule has 2 heterocycles. The Morgan fingerprint density at radius 3 is 2.78 bits per heavy atom. The van der Waals surface area contributed by atoms with Crippen molar-refractivity contribution >= 4 is 39.3 Å². The molecule has 2 atom stereocenters. The van der Waals surface area contributed by atoms with Gasteiger partial charge in [0.15, 0.2) is 0 Å². The van der Waals surface area contributed by atoms with Crippen LogP contribution in [0, 0.1) is 5.82 Å². The van der Waals surface area contributed by atoms with Crippen molar-refractivity contribution in [2.75, 3.05) is 5.32 Å². The van der Waals surface area contributed by atoms with E-state index in [2.05, 4.69) is 10.0 Å². The molecule has 0 saturated carbocycles. The number of aliphatic hydroxyl groups is 1. The van der Waals surface area contributed by atoms with Gasteiger partial charge >= 0.3 is 0 Å². The van der Waals surface area contributed by atoms with Crippen LogP contribution in [0.5, 0.6) is 0 Å². The third-order valence-electron chi connectivity index (χ3n) is 4.15. The van der Waals surface area contributed by atoms with Crippen molar-refractivity contribution in [2.24, 2.45) is 7.05 Å². The Hall–Kier alpha value is -2.20. The van der Waals surface area contributed by atoms with Crippen molar-refractivity contribution in [1.82, 2.24) is 9.29 Å². The van der Waals surface area contributed by atoms with Crippen molar-refractivity contribution in [3.8, 4) is 0 Å². The van der Waals surface area contributed by atoms with Crippen LogP contribution in [0.3, 0.4) is 0 Å². The molecule has 3 N–H and O–H groups in total. The molecule has 1 amide bonds. The molecule has 0 fully saturated rings. The topological polar surface area (TPSA) is 100 Å². The van der Waals surface area contributed by atoms with E-state index >= 15 is 0 Å². The van der Waals surface area contributed by atoms with Crippen LogP contribution >= 0.6 is 11.6 Å². The third-order valence-corrected chi connectivity index (χ3v) is 5.92. The number of hydrogen-bond donors (Lipinski definition) is 3. The van der Waals surface area contributed by atoms with Crippen LogP contribution in [-0.4, -0.2) is 36.1 Å². The van der Waals surface area contributed by atoms with Crippen molar-refractivity contribution in [3.05, 3.63) is 52.6 Å². The highest BCUT2D eigenvalue weighted by molar-refractivity contribution is 7.89. The van der Waals surface area contributed by atoms with Gasteiger partial charge in [0.2, 0.25) is 10.0 Å². The van der Waals surface area contributed by atoms with Gasteiger partial charge in [0.05, 0.1) is 17.2 Å². The smallest absolute Gasteiger partial charge is 0.272 e. The normalized spacial score (nSPS) is 19.2. The molecule has 2 aromatic rings. The minimum Gasteiger partial charge on any atom is -0.391 e. The lowest BCUT2D eigenvalue weighted by Crippen LogP contribution is -2.39. The van der Waals surface area contributed by atoms with Crippen LogP contribution in [0.4, 0.5) is 10.1 Å². The predicted molar refractivity (Wildman–Crippen MR) is 99.6 cm³/mol. The summed E-state index contributed by atoms with van der Waals surface area (Å²) in [6.45, 7) is 1.46. The van der Waals surface area contributed by atoms with Crippen molar-refractivity contribution < 1.29 is 22.7 Å². The SMILES string of the molecule is C[C@H](O)C1C=Cc2c(cn(C)c2C(=O)Nc2ccc(F)c(Cl)c2)S(=O)(=O)N1. The fourth-order valence-electron chi connectivity index (χ4n) is 2.78. The second kappa shape index (κ2) is 7.08. The first-order valence-electron chi connectivity index (χ1n) is 7.94. The molecule has 27 heavy (non-hydrogen) atoms. The lowest BCUT2D eigenvalue weighted by molar-refractivity contribution is 0.101. The molecule has 10 heteroatoms. The Morgan fingerprint density at radius 2 is 2.15 bits per heavy atom. The summed E-state index contributed by atoms with van der Waals surface area (Å²) in [6.07, 6.45) is 3.34. The average Bonchev–Trinajstić information content (AvgIpc) is 2.85. The fraction of sp³-hybridized carbons (Fsp3) is 0.235. The Labute approximate surface area is 160 Å². The van der Waals surface area contributed by atoms with E-state index in [1.54, 1.807) is 0 Å². The minimum atomic E-state index is -3.94. The molecule has 0 bridgehead atoms.